The molecule has 21 heavy (non-hydrogen) atoms. The third kappa shape index (κ3) is 3.36. The molecule has 0 bridgehead atoms. The molecule has 2 rings (SSSR count). The van der Waals surface area contributed by atoms with E-state index in [-0.39, 0.29) is 33.6 Å². The van der Waals surface area contributed by atoms with Crippen molar-refractivity contribution in [3.05, 3.63) is 27.7 Å². The first-order chi connectivity index (χ1) is 9.69. The Bertz CT molecular complexity index is 646. The second kappa shape index (κ2) is 6.02. The Morgan fingerprint density at radius 1 is 1.38 bits per heavy atom. The van der Waals surface area contributed by atoms with Crippen LogP contribution in [0.25, 0.3) is 0 Å². The third-order valence-corrected chi connectivity index (χ3v) is 6.10. The van der Waals surface area contributed by atoms with Gasteiger partial charge in [-0.3, -0.25) is 0 Å². The molecule has 0 spiro atoms. The second-order valence-corrected chi connectivity index (χ2v) is 8.13. The number of nitrogens with zero attached hydrogens (tertiary/aromatic N) is 1. The lowest BCUT2D eigenvalue weighted by molar-refractivity contribution is -0.0640. The van der Waals surface area contributed by atoms with Crippen LogP contribution in [0, 0.1) is 0 Å². The molecule has 1 aromatic carbocycles. The van der Waals surface area contributed by atoms with Crippen molar-refractivity contribution < 1.29 is 18.3 Å². The van der Waals surface area contributed by atoms with Crippen LogP contribution >= 0.6 is 23.2 Å². The summed E-state index contributed by atoms with van der Waals surface area (Å²) >= 11 is 12.0. The fourth-order valence-corrected chi connectivity index (χ4v) is 4.68. The largest absolute Gasteiger partial charge is 0.392 e. The summed E-state index contributed by atoms with van der Waals surface area (Å²) in [5, 5.41) is 9.49. The predicted octanol–water partition coefficient (Wildman–Crippen LogP) is 2.29. The average molecular weight is 354 g/mol. The molecule has 1 fully saturated rings. The zero-order valence-electron chi connectivity index (χ0n) is 11.8. The highest BCUT2D eigenvalue weighted by atomic mass is 35.5. The van der Waals surface area contributed by atoms with E-state index in [0.29, 0.717) is 6.61 Å². The summed E-state index contributed by atoms with van der Waals surface area (Å²) in [6.07, 6.45) is 0. The summed E-state index contributed by atoms with van der Waals surface area (Å²) in [5.41, 5.74) is -0.337. The SMILES string of the molecule is CC1(C)CN(S(=O)(=O)c2ccc(Cl)c(CO)c2Cl)CCO1. The van der Waals surface area contributed by atoms with Gasteiger partial charge in [-0.1, -0.05) is 23.2 Å². The number of aliphatic hydroxyl groups excluding tert-OH is 1. The molecule has 0 saturated carbocycles. The van der Waals surface area contributed by atoms with Crippen LogP contribution in [0.1, 0.15) is 19.4 Å². The number of rotatable bonds is 3. The van der Waals surface area contributed by atoms with Gasteiger partial charge in [0.25, 0.3) is 0 Å². The quantitative estimate of drug-likeness (QED) is 0.905. The minimum atomic E-state index is -3.76. The number of benzene rings is 1. The van der Waals surface area contributed by atoms with Crippen LogP contribution in [0.4, 0.5) is 0 Å². The molecule has 1 aromatic rings. The molecule has 0 aliphatic carbocycles. The first-order valence-corrected chi connectivity index (χ1v) is 8.60. The number of sulfonamides is 1. The Morgan fingerprint density at radius 2 is 2.05 bits per heavy atom. The van der Waals surface area contributed by atoms with Gasteiger partial charge in [0.2, 0.25) is 10.0 Å². The molecular weight excluding hydrogens is 337 g/mol. The summed E-state index contributed by atoms with van der Waals surface area (Å²) < 4.78 is 32.3. The van der Waals surface area contributed by atoms with E-state index in [1.165, 1.54) is 16.4 Å². The number of hydrogen-bond donors (Lipinski definition) is 1. The first kappa shape index (κ1) is 17.0. The van der Waals surface area contributed by atoms with Gasteiger partial charge in [-0.25, -0.2) is 8.42 Å². The van der Waals surface area contributed by atoms with E-state index in [1.807, 2.05) is 13.8 Å². The average Bonchev–Trinajstić information content (AvgIpc) is 2.37. The van der Waals surface area contributed by atoms with Gasteiger partial charge in [0.05, 0.1) is 23.8 Å². The van der Waals surface area contributed by atoms with Gasteiger partial charge >= 0.3 is 0 Å². The molecule has 0 amide bonds. The van der Waals surface area contributed by atoms with Crippen LogP contribution < -0.4 is 0 Å². The van der Waals surface area contributed by atoms with E-state index in [0.717, 1.165) is 0 Å². The van der Waals surface area contributed by atoms with Crippen LogP contribution in [0.15, 0.2) is 17.0 Å². The molecule has 1 aliphatic heterocycles. The number of aliphatic hydroxyl groups is 1. The van der Waals surface area contributed by atoms with Crippen LogP contribution in [0.5, 0.6) is 0 Å². The molecule has 1 N–H and O–H groups in total. The maximum absolute atomic E-state index is 12.7. The molecule has 0 radical (unpaired) electrons. The van der Waals surface area contributed by atoms with E-state index in [9.17, 15) is 13.5 Å². The van der Waals surface area contributed by atoms with Crippen LogP contribution in [0.2, 0.25) is 10.0 Å². The van der Waals surface area contributed by atoms with Crippen LogP contribution in [-0.2, 0) is 21.4 Å². The molecule has 0 aromatic heterocycles. The van der Waals surface area contributed by atoms with Crippen molar-refractivity contribution in [2.45, 2.75) is 31.0 Å². The summed E-state index contributed by atoms with van der Waals surface area (Å²) in [6.45, 7) is 4.07. The number of hydrogen-bond acceptors (Lipinski definition) is 4. The minimum absolute atomic E-state index is 0.0331. The van der Waals surface area contributed by atoms with Crippen molar-refractivity contribution in [3.63, 3.8) is 0 Å². The normalized spacial score (nSPS) is 19.7. The van der Waals surface area contributed by atoms with Gasteiger partial charge in [0.15, 0.2) is 0 Å². The highest BCUT2D eigenvalue weighted by molar-refractivity contribution is 7.89. The predicted molar refractivity (Wildman–Crippen MR) is 81.2 cm³/mol. The Kier molecular flexibility index (Phi) is 4.87. The Hall–Kier alpha value is -0.370. The molecule has 0 unspecified atom stereocenters. The number of morpholine rings is 1. The monoisotopic (exact) mass is 353 g/mol. The van der Waals surface area contributed by atoms with E-state index in [4.69, 9.17) is 27.9 Å². The zero-order chi connectivity index (χ0) is 15.8. The van der Waals surface area contributed by atoms with E-state index in [1.54, 1.807) is 0 Å². The summed E-state index contributed by atoms with van der Waals surface area (Å²) in [7, 11) is -3.76. The fourth-order valence-electron chi connectivity index (χ4n) is 2.24. The fraction of sp³-hybridized carbons (Fsp3) is 0.538. The molecule has 0 atom stereocenters. The lowest BCUT2D eigenvalue weighted by Crippen LogP contribution is -2.50. The van der Waals surface area contributed by atoms with Crippen molar-refractivity contribution in [1.29, 1.82) is 0 Å². The van der Waals surface area contributed by atoms with E-state index in [2.05, 4.69) is 0 Å². The minimum Gasteiger partial charge on any atom is -0.392 e. The van der Waals surface area contributed by atoms with Gasteiger partial charge < -0.3 is 9.84 Å². The van der Waals surface area contributed by atoms with Gasteiger partial charge in [-0.15, -0.1) is 0 Å². The maximum Gasteiger partial charge on any atom is 0.244 e. The van der Waals surface area contributed by atoms with Gasteiger partial charge in [-0.2, -0.15) is 4.31 Å². The lowest BCUT2D eigenvalue weighted by atomic mass is 10.1. The number of ether oxygens (including phenoxy) is 1. The van der Waals surface area contributed by atoms with Gasteiger partial charge in [0.1, 0.15) is 4.90 Å². The molecule has 1 heterocycles. The summed E-state index contributed by atoms with van der Waals surface area (Å²) in [4.78, 5) is -0.0460. The Labute approximate surface area is 134 Å². The zero-order valence-corrected chi connectivity index (χ0v) is 14.1. The van der Waals surface area contributed by atoms with Crippen molar-refractivity contribution in [2.75, 3.05) is 19.7 Å². The first-order valence-electron chi connectivity index (χ1n) is 6.41. The molecule has 118 valence electrons. The van der Waals surface area contributed by atoms with Gasteiger partial charge in [-0.05, 0) is 26.0 Å². The summed E-state index contributed by atoms with van der Waals surface area (Å²) in [6, 6.07) is 2.79. The lowest BCUT2D eigenvalue weighted by Gasteiger charge is -2.37. The molecule has 8 heteroatoms. The van der Waals surface area contributed by atoms with Crippen molar-refractivity contribution in [3.8, 4) is 0 Å². The van der Waals surface area contributed by atoms with E-state index < -0.39 is 22.2 Å². The maximum atomic E-state index is 12.7. The second-order valence-electron chi connectivity index (χ2n) is 5.44. The van der Waals surface area contributed by atoms with Crippen molar-refractivity contribution in [1.82, 2.24) is 4.31 Å². The van der Waals surface area contributed by atoms with Crippen molar-refractivity contribution >= 4 is 33.2 Å². The highest BCUT2D eigenvalue weighted by Crippen LogP contribution is 2.33. The molecule has 1 saturated heterocycles. The Balaban J connectivity index is 2.45. The third-order valence-electron chi connectivity index (χ3n) is 3.32. The molecule has 1 aliphatic rings. The molecular formula is C13H17Cl2NO4S. The Morgan fingerprint density at radius 3 is 2.62 bits per heavy atom. The molecule has 5 nitrogen and oxygen atoms in total. The van der Waals surface area contributed by atoms with Gasteiger partial charge in [0, 0.05) is 23.7 Å². The number of halogens is 2. The topological polar surface area (TPSA) is 66.8 Å². The van der Waals surface area contributed by atoms with E-state index >= 15 is 0 Å². The standard InChI is InChI=1S/C13H17Cl2NO4S/c1-13(2)8-16(5-6-20-13)21(18,19)11-4-3-10(14)9(7-17)12(11)15/h3-4,17H,5-8H2,1-2H3. The summed E-state index contributed by atoms with van der Waals surface area (Å²) in [5.74, 6) is 0. The highest BCUT2D eigenvalue weighted by Gasteiger charge is 2.36. The van der Waals surface area contributed by atoms with Crippen molar-refractivity contribution in [2.24, 2.45) is 0 Å². The van der Waals surface area contributed by atoms with Crippen LogP contribution in [0.3, 0.4) is 0 Å². The smallest absolute Gasteiger partial charge is 0.244 e. The van der Waals surface area contributed by atoms with Crippen LogP contribution in [-0.4, -0.2) is 43.1 Å².